The molecule has 0 aliphatic carbocycles. The lowest BCUT2D eigenvalue weighted by Crippen LogP contribution is -2.44. The summed E-state index contributed by atoms with van der Waals surface area (Å²) in [6.45, 7) is 5.36. The minimum atomic E-state index is 0.202. The Kier molecular flexibility index (Phi) is 7.10. The zero-order valence-electron chi connectivity index (χ0n) is 18.2. The fourth-order valence-corrected chi connectivity index (χ4v) is 5.43. The van der Waals surface area contributed by atoms with Crippen molar-refractivity contribution in [1.82, 2.24) is 24.6 Å². The smallest absolute Gasteiger partial charge is 0.236 e. The summed E-state index contributed by atoms with van der Waals surface area (Å²) >= 11 is 1.72. The summed E-state index contributed by atoms with van der Waals surface area (Å²) in [5.41, 5.74) is 1.41. The van der Waals surface area contributed by atoms with Crippen molar-refractivity contribution in [1.29, 1.82) is 0 Å². The Morgan fingerprint density at radius 3 is 2.60 bits per heavy atom. The highest BCUT2D eigenvalue weighted by Gasteiger charge is 2.33. The van der Waals surface area contributed by atoms with Crippen LogP contribution >= 0.6 is 11.8 Å². The fourth-order valence-electron chi connectivity index (χ4n) is 4.79. The zero-order chi connectivity index (χ0) is 20.9. The van der Waals surface area contributed by atoms with E-state index in [1.165, 1.54) is 5.56 Å². The van der Waals surface area contributed by atoms with Crippen molar-refractivity contribution in [2.75, 3.05) is 31.9 Å². The van der Waals surface area contributed by atoms with Crippen LogP contribution in [0.15, 0.2) is 35.5 Å². The summed E-state index contributed by atoms with van der Waals surface area (Å²) in [6, 6.07) is 10.9. The lowest BCUT2D eigenvalue weighted by molar-refractivity contribution is -0.134. The monoisotopic (exact) mass is 427 g/mol. The Hall–Kier alpha value is -1.86. The second-order valence-corrected chi connectivity index (χ2v) is 9.71. The van der Waals surface area contributed by atoms with Crippen LogP contribution in [0.5, 0.6) is 0 Å². The molecule has 1 aromatic carbocycles. The average Bonchev–Trinajstić information content (AvgIpc) is 3.36. The van der Waals surface area contributed by atoms with E-state index in [-0.39, 0.29) is 11.9 Å². The molecule has 3 heterocycles. The SMILES string of the molecule is CCSc1nnc([C@H]2CCCN2CC(=O)N2CCC(Cc3ccccc3)CC2)n1C. The number of hydrogen-bond acceptors (Lipinski definition) is 5. The number of likely N-dealkylation sites (tertiary alicyclic amines) is 2. The maximum Gasteiger partial charge on any atom is 0.236 e. The van der Waals surface area contributed by atoms with Gasteiger partial charge in [-0.1, -0.05) is 49.0 Å². The van der Waals surface area contributed by atoms with E-state index in [9.17, 15) is 4.79 Å². The molecule has 0 unspecified atom stereocenters. The number of nitrogens with zero attached hydrogens (tertiary/aromatic N) is 5. The first kappa shape index (κ1) is 21.4. The van der Waals surface area contributed by atoms with Crippen molar-refractivity contribution in [2.24, 2.45) is 13.0 Å². The van der Waals surface area contributed by atoms with E-state index in [1.54, 1.807) is 11.8 Å². The molecule has 2 fully saturated rings. The van der Waals surface area contributed by atoms with Crippen LogP contribution in [0, 0.1) is 5.92 Å². The molecule has 30 heavy (non-hydrogen) atoms. The van der Waals surface area contributed by atoms with E-state index in [4.69, 9.17) is 0 Å². The van der Waals surface area contributed by atoms with E-state index in [0.29, 0.717) is 12.5 Å². The first-order chi connectivity index (χ1) is 14.7. The summed E-state index contributed by atoms with van der Waals surface area (Å²) < 4.78 is 2.11. The van der Waals surface area contributed by atoms with Gasteiger partial charge in [-0.3, -0.25) is 9.69 Å². The predicted molar refractivity (Wildman–Crippen MR) is 120 cm³/mol. The Bertz CT molecular complexity index is 831. The number of amides is 1. The molecule has 1 aromatic heterocycles. The van der Waals surface area contributed by atoms with Gasteiger partial charge in [-0.05, 0) is 55.9 Å². The van der Waals surface area contributed by atoms with Crippen LogP contribution in [0.25, 0.3) is 0 Å². The van der Waals surface area contributed by atoms with Crippen LogP contribution < -0.4 is 0 Å². The maximum absolute atomic E-state index is 13.0. The van der Waals surface area contributed by atoms with Gasteiger partial charge in [0.1, 0.15) is 0 Å². The number of carbonyl (C=O) groups excluding carboxylic acids is 1. The van der Waals surface area contributed by atoms with Gasteiger partial charge in [-0.15, -0.1) is 10.2 Å². The van der Waals surface area contributed by atoms with Crippen LogP contribution in [0.3, 0.4) is 0 Å². The van der Waals surface area contributed by atoms with Gasteiger partial charge in [0, 0.05) is 20.1 Å². The first-order valence-electron chi connectivity index (χ1n) is 11.2. The van der Waals surface area contributed by atoms with Gasteiger partial charge in [-0.2, -0.15) is 0 Å². The molecular formula is C23H33N5OS. The second-order valence-electron chi connectivity index (χ2n) is 8.48. The van der Waals surface area contributed by atoms with E-state index in [1.807, 2.05) is 7.05 Å². The molecule has 162 valence electrons. The molecule has 2 aliphatic heterocycles. The van der Waals surface area contributed by atoms with E-state index in [0.717, 1.165) is 68.5 Å². The Balaban J connectivity index is 1.30. The quantitative estimate of drug-likeness (QED) is 0.633. The van der Waals surface area contributed by atoms with Gasteiger partial charge in [0.25, 0.3) is 0 Å². The third kappa shape index (κ3) is 4.89. The highest BCUT2D eigenvalue weighted by molar-refractivity contribution is 7.99. The fraction of sp³-hybridized carbons (Fsp3) is 0.609. The Morgan fingerprint density at radius 1 is 1.10 bits per heavy atom. The third-order valence-corrected chi connectivity index (χ3v) is 7.38. The number of aromatic nitrogens is 3. The number of carbonyl (C=O) groups is 1. The van der Waals surface area contributed by atoms with Gasteiger partial charge >= 0.3 is 0 Å². The van der Waals surface area contributed by atoms with Crippen LogP contribution in [0.4, 0.5) is 0 Å². The van der Waals surface area contributed by atoms with Gasteiger partial charge < -0.3 is 9.47 Å². The highest BCUT2D eigenvalue weighted by atomic mass is 32.2. The largest absolute Gasteiger partial charge is 0.342 e. The molecule has 6 nitrogen and oxygen atoms in total. The standard InChI is InChI=1S/C23H33N5OS/c1-3-30-23-25-24-22(26(23)2)20-10-7-13-28(20)17-21(29)27-14-11-19(12-15-27)16-18-8-5-4-6-9-18/h4-6,8-9,19-20H,3,7,10-17H2,1-2H3/t20-/m1/s1. The van der Waals surface area contributed by atoms with Crippen LogP contribution in [0.1, 0.15) is 50.0 Å². The van der Waals surface area contributed by atoms with Crippen molar-refractivity contribution < 1.29 is 4.79 Å². The molecule has 0 saturated carbocycles. The summed E-state index contributed by atoms with van der Waals surface area (Å²) in [5, 5.41) is 9.78. The molecule has 0 radical (unpaired) electrons. The summed E-state index contributed by atoms with van der Waals surface area (Å²) in [4.78, 5) is 17.4. The van der Waals surface area contributed by atoms with E-state index in [2.05, 4.69) is 61.8 Å². The van der Waals surface area contributed by atoms with Crippen molar-refractivity contribution in [3.63, 3.8) is 0 Å². The minimum absolute atomic E-state index is 0.202. The summed E-state index contributed by atoms with van der Waals surface area (Å²) in [5.74, 6) is 2.94. The lowest BCUT2D eigenvalue weighted by atomic mass is 9.90. The molecular weight excluding hydrogens is 394 g/mol. The number of benzene rings is 1. The third-order valence-electron chi connectivity index (χ3n) is 6.48. The van der Waals surface area contributed by atoms with E-state index >= 15 is 0 Å². The van der Waals surface area contributed by atoms with Crippen molar-refractivity contribution >= 4 is 17.7 Å². The normalized spacial score (nSPS) is 20.7. The zero-order valence-corrected chi connectivity index (χ0v) is 19.0. The molecule has 0 N–H and O–H groups in total. The van der Waals surface area contributed by atoms with Gasteiger partial charge in [0.05, 0.1) is 12.6 Å². The van der Waals surface area contributed by atoms with Gasteiger partial charge in [0.2, 0.25) is 5.91 Å². The second kappa shape index (κ2) is 9.96. The minimum Gasteiger partial charge on any atom is -0.342 e. The Labute approximate surface area is 184 Å². The topological polar surface area (TPSA) is 54.3 Å². The molecule has 0 spiro atoms. The number of hydrogen-bond donors (Lipinski definition) is 0. The summed E-state index contributed by atoms with van der Waals surface area (Å²) in [7, 11) is 2.04. The summed E-state index contributed by atoms with van der Waals surface area (Å²) in [6.07, 6.45) is 5.49. The number of thioether (sulfide) groups is 1. The maximum atomic E-state index is 13.0. The Morgan fingerprint density at radius 2 is 1.87 bits per heavy atom. The van der Waals surface area contributed by atoms with Crippen LogP contribution in [0.2, 0.25) is 0 Å². The van der Waals surface area contributed by atoms with Crippen molar-refractivity contribution in [3.8, 4) is 0 Å². The van der Waals surface area contributed by atoms with Crippen molar-refractivity contribution in [2.45, 2.75) is 50.2 Å². The van der Waals surface area contributed by atoms with Crippen molar-refractivity contribution in [3.05, 3.63) is 41.7 Å². The first-order valence-corrected chi connectivity index (χ1v) is 12.2. The van der Waals surface area contributed by atoms with Gasteiger partial charge in [-0.25, -0.2) is 0 Å². The van der Waals surface area contributed by atoms with Crippen LogP contribution in [-0.4, -0.2) is 62.4 Å². The molecule has 1 amide bonds. The number of piperidine rings is 1. The lowest BCUT2D eigenvalue weighted by Gasteiger charge is -2.34. The number of rotatable bonds is 7. The molecule has 1 atom stereocenters. The van der Waals surface area contributed by atoms with Crippen LogP contribution in [-0.2, 0) is 18.3 Å². The molecule has 2 aliphatic rings. The van der Waals surface area contributed by atoms with Gasteiger partial charge in [0.15, 0.2) is 11.0 Å². The molecule has 2 saturated heterocycles. The van der Waals surface area contributed by atoms with E-state index < -0.39 is 0 Å². The molecule has 0 bridgehead atoms. The highest BCUT2D eigenvalue weighted by Crippen LogP contribution is 2.32. The molecule has 7 heteroatoms. The average molecular weight is 428 g/mol. The molecule has 2 aromatic rings. The predicted octanol–water partition coefficient (Wildman–Crippen LogP) is 3.55. The molecule has 4 rings (SSSR count).